The van der Waals surface area contributed by atoms with E-state index in [0.29, 0.717) is 6.42 Å². The first-order valence-corrected chi connectivity index (χ1v) is 2.91. The molecule has 0 spiro atoms. The van der Waals surface area contributed by atoms with Gasteiger partial charge in [0, 0.05) is 12.8 Å². The van der Waals surface area contributed by atoms with Gasteiger partial charge < -0.3 is 5.11 Å². The highest BCUT2D eigenvalue weighted by molar-refractivity contribution is 4.98. The maximum Gasteiger partial charge on any atom is 0.0621 e. The smallest absolute Gasteiger partial charge is 0.0621 e. The van der Waals surface area contributed by atoms with E-state index in [9.17, 15) is 0 Å². The molecule has 0 aromatic rings. The van der Waals surface area contributed by atoms with Crippen LogP contribution in [0.4, 0.5) is 0 Å². The molecule has 0 radical (unpaired) electrons. The molecule has 0 heterocycles. The Balaban J connectivity index is 3.15. The molecule has 46 valence electrons. The lowest BCUT2D eigenvalue weighted by molar-refractivity contribution is 0.201. The largest absolute Gasteiger partial charge is 0.392 e. The van der Waals surface area contributed by atoms with E-state index in [1.165, 1.54) is 0 Å². The van der Waals surface area contributed by atoms with Crippen LogP contribution in [0.5, 0.6) is 0 Å². The van der Waals surface area contributed by atoms with E-state index in [1.807, 2.05) is 6.92 Å². The van der Waals surface area contributed by atoms with Crippen LogP contribution < -0.4 is 0 Å². The van der Waals surface area contributed by atoms with Gasteiger partial charge in [-0.05, 0) is 6.92 Å². The normalized spacial score (nSPS) is 11.9. The van der Waals surface area contributed by atoms with Crippen LogP contribution in [0.15, 0.2) is 0 Å². The third-order valence-electron chi connectivity index (χ3n) is 0.699. The van der Waals surface area contributed by atoms with Crippen molar-refractivity contribution in [3.05, 3.63) is 0 Å². The number of hydrogen-bond donors (Lipinski definition) is 1. The van der Waals surface area contributed by atoms with Gasteiger partial charge in [0.25, 0.3) is 0 Å². The standard InChI is InChI=1S/C7H12O/c1-3-4-5-6-7(2)8/h7-8H,3,6H2,1-2H3/t7-/m0/s1. The maximum absolute atomic E-state index is 8.68. The van der Waals surface area contributed by atoms with Gasteiger partial charge in [0.15, 0.2) is 0 Å². The number of rotatable bonds is 1. The zero-order valence-corrected chi connectivity index (χ0v) is 5.44. The summed E-state index contributed by atoms with van der Waals surface area (Å²) in [6.07, 6.45) is 1.22. The number of aliphatic hydroxyl groups excluding tert-OH is 1. The molecule has 0 bridgehead atoms. The Hall–Kier alpha value is -0.480. The molecule has 0 aromatic carbocycles. The molecule has 0 amide bonds. The van der Waals surface area contributed by atoms with Crippen LogP contribution in [-0.2, 0) is 0 Å². The zero-order valence-electron chi connectivity index (χ0n) is 5.44. The lowest BCUT2D eigenvalue weighted by Crippen LogP contribution is -1.95. The number of hydrogen-bond acceptors (Lipinski definition) is 1. The van der Waals surface area contributed by atoms with Crippen molar-refractivity contribution in [2.24, 2.45) is 0 Å². The average molecular weight is 112 g/mol. The van der Waals surface area contributed by atoms with Crippen LogP contribution in [0, 0.1) is 11.8 Å². The molecule has 0 aromatic heterocycles. The summed E-state index contributed by atoms with van der Waals surface area (Å²) in [6, 6.07) is 0. The Labute approximate surface area is 50.7 Å². The molecule has 1 nitrogen and oxygen atoms in total. The quantitative estimate of drug-likeness (QED) is 0.505. The van der Waals surface area contributed by atoms with Gasteiger partial charge in [0.1, 0.15) is 0 Å². The predicted molar refractivity (Wildman–Crippen MR) is 34.4 cm³/mol. The fourth-order valence-corrected chi connectivity index (χ4v) is 0.345. The molecule has 0 aliphatic heterocycles. The van der Waals surface area contributed by atoms with Gasteiger partial charge in [-0.15, -0.1) is 11.8 Å². The van der Waals surface area contributed by atoms with Crippen LogP contribution in [0.25, 0.3) is 0 Å². The van der Waals surface area contributed by atoms with E-state index in [-0.39, 0.29) is 6.10 Å². The van der Waals surface area contributed by atoms with Crippen molar-refractivity contribution in [3.63, 3.8) is 0 Å². The number of aliphatic hydroxyl groups is 1. The van der Waals surface area contributed by atoms with Gasteiger partial charge in [-0.1, -0.05) is 6.92 Å². The first-order chi connectivity index (χ1) is 3.77. The van der Waals surface area contributed by atoms with Crippen molar-refractivity contribution < 1.29 is 5.11 Å². The Morgan fingerprint density at radius 3 is 2.50 bits per heavy atom. The molecule has 1 atom stereocenters. The molecule has 0 unspecified atom stereocenters. The van der Waals surface area contributed by atoms with Crippen LogP contribution in [-0.4, -0.2) is 11.2 Å². The summed E-state index contributed by atoms with van der Waals surface area (Å²) in [7, 11) is 0. The topological polar surface area (TPSA) is 20.2 Å². The summed E-state index contributed by atoms with van der Waals surface area (Å²) in [5, 5.41) is 8.68. The summed E-state index contributed by atoms with van der Waals surface area (Å²) >= 11 is 0. The van der Waals surface area contributed by atoms with Crippen molar-refractivity contribution in [3.8, 4) is 11.8 Å². The highest BCUT2D eigenvalue weighted by Crippen LogP contribution is 1.84. The molecule has 0 saturated carbocycles. The van der Waals surface area contributed by atoms with Gasteiger partial charge in [-0.2, -0.15) is 0 Å². The van der Waals surface area contributed by atoms with Crippen LogP contribution in [0.1, 0.15) is 26.7 Å². The summed E-state index contributed by atoms with van der Waals surface area (Å²) in [5.41, 5.74) is 0. The second-order valence-corrected chi connectivity index (χ2v) is 1.76. The van der Waals surface area contributed by atoms with Gasteiger partial charge in [-0.3, -0.25) is 0 Å². The lowest BCUT2D eigenvalue weighted by Gasteiger charge is -1.91. The minimum Gasteiger partial charge on any atom is -0.392 e. The first-order valence-electron chi connectivity index (χ1n) is 2.91. The lowest BCUT2D eigenvalue weighted by atomic mass is 10.3. The van der Waals surface area contributed by atoms with E-state index in [1.54, 1.807) is 6.92 Å². The third-order valence-corrected chi connectivity index (χ3v) is 0.699. The maximum atomic E-state index is 8.68. The third kappa shape index (κ3) is 5.52. The molecule has 0 aliphatic rings. The van der Waals surface area contributed by atoms with E-state index < -0.39 is 0 Å². The monoisotopic (exact) mass is 112 g/mol. The fourth-order valence-electron chi connectivity index (χ4n) is 0.345. The van der Waals surface area contributed by atoms with Gasteiger partial charge in [-0.25, -0.2) is 0 Å². The summed E-state index contributed by atoms with van der Waals surface area (Å²) < 4.78 is 0. The molecule has 1 N–H and O–H groups in total. The molecular formula is C7H12O. The molecule has 0 rings (SSSR count). The molecule has 0 aliphatic carbocycles. The molecule has 0 saturated heterocycles. The zero-order chi connectivity index (χ0) is 6.41. The van der Waals surface area contributed by atoms with Crippen molar-refractivity contribution in [1.82, 2.24) is 0 Å². The van der Waals surface area contributed by atoms with Gasteiger partial charge >= 0.3 is 0 Å². The van der Waals surface area contributed by atoms with E-state index in [0.717, 1.165) is 6.42 Å². The summed E-state index contributed by atoms with van der Waals surface area (Å²) in [4.78, 5) is 0. The Bertz CT molecular complexity index is 94.7. The van der Waals surface area contributed by atoms with Gasteiger partial charge in [0.2, 0.25) is 0 Å². The summed E-state index contributed by atoms with van der Waals surface area (Å²) in [5.74, 6) is 5.70. The minimum atomic E-state index is -0.269. The van der Waals surface area contributed by atoms with Gasteiger partial charge in [0.05, 0.1) is 6.10 Å². The summed E-state index contributed by atoms with van der Waals surface area (Å²) in [6.45, 7) is 3.74. The van der Waals surface area contributed by atoms with Crippen LogP contribution >= 0.6 is 0 Å². The Kier molecular flexibility index (Phi) is 4.39. The van der Waals surface area contributed by atoms with Crippen molar-refractivity contribution in [2.45, 2.75) is 32.8 Å². The molecule has 8 heavy (non-hydrogen) atoms. The van der Waals surface area contributed by atoms with E-state index >= 15 is 0 Å². The first kappa shape index (κ1) is 7.52. The van der Waals surface area contributed by atoms with Crippen molar-refractivity contribution in [2.75, 3.05) is 0 Å². The van der Waals surface area contributed by atoms with Crippen molar-refractivity contribution in [1.29, 1.82) is 0 Å². The van der Waals surface area contributed by atoms with Crippen molar-refractivity contribution >= 4 is 0 Å². The SMILES string of the molecule is CCC#CC[C@H](C)O. The minimum absolute atomic E-state index is 0.269. The fraction of sp³-hybridized carbons (Fsp3) is 0.714. The molecular weight excluding hydrogens is 100 g/mol. The average Bonchev–Trinajstić information content (AvgIpc) is 1.66. The second kappa shape index (κ2) is 4.67. The van der Waals surface area contributed by atoms with E-state index in [2.05, 4.69) is 11.8 Å². The Morgan fingerprint density at radius 2 is 2.12 bits per heavy atom. The van der Waals surface area contributed by atoms with Crippen LogP contribution in [0.3, 0.4) is 0 Å². The second-order valence-electron chi connectivity index (χ2n) is 1.76. The Morgan fingerprint density at radius 1 is 1.50 bits per heavy atom. The predicted octanol–water partition coefficient (Wildman–Crippen LogP) is 1.17. The van der Waals surface area contributed by atoms with E-state index in [4.69, 9.17) is 5.11 Å². The molecule has 0 fully saturated rings. The molecule has 1 heteroatoms. The van der Waals surface area contributed by atoms with Crippen LogP contribution in [0.2, 0.25) is 0 Å². The highest BCUT2D eigenvalue weighted by atomic mass is 16.3. The highest BCUT2D eigenvalue weighted by Gasteiger charge is 1.86.